The Labute approximate surface area is 111 Å². The lowest BCUT2D eigenvalue weighted by Gasteiger charge is -2.44. The summed E-state index contributed by atoms with van der Waals surface area (Å²) in [6.07, 6.45) is 7.28. The van der Waals surface area contributed by atoms with Gasteiger partial charge in [-0.25, -0.2) is 0 Å². The van der Waals surface area contributed by atoms with Gasteiger partial charge in [0.05, 0.1) is 12.7 Å². The standard InChI is InChI=1S/C15H28N2O/c1-11(2)14(10-16-12-6-7-12)17-8-9-18-15-5-3-4-13(15)17/h11-16H,3-10H2,1-2H3. The van der Waals surface area contributed by atoms with Crippen LogP contribution in [0, 0.1) is 5.92 Å². The van der Waals surface area contributed by atoms with Crippen molar-refractivity contribution in [3.05, 3.63) is 0 Å². The fourth-order valence-corrected chi connectivity index (χ4v) is 3.68. The van der Waals surface area contributed by atoms with Crippen molar-refractivity contribution >= 4 is 0 Å². The maximum atomic E-state index is 5.94. The number of nitrogens with one attached hydrogen (secondary N) is 1. The molecule has 2 aliphatic carbocycles. The van der Waals surface area contributed by atoms with Crippen LogP contribution in [0.15, 0.2) is 0 Å². The van der Waals surface area contributed by atoms with Crippen LogP contribution in [0.1, 0.15) is 46.0 Å². The normalized spacial score (nSPS) is 34.8. The highest BCUT2D eigenvalue weighted by molar-refractivity contribution is 4.94. The van der Waals surface area contributed by atoms with Crippen LogP contribution in [0.2, 0.25) is 0 Å². The minimum atomic E-state index is 0.529. The lowest BCUT2D eigenvalue weighted by molar-refractivity contribution is -0.0779. The molecule has 3 aliphatic rings. The quantitative estimate of drug-likeness (QED) is 0.810. The second-order valence-corrected chi connectivity index (χ2v) is 6.64. The minimum absolute atomic E-state index is 0.529. The van der Waals surface area contributed by atoms with E-state index >= 15 is 0 Å². The molecule has 0 spiro atoms. The molecule has 3 unspecified atom stereocenters. The predicted octanol–water partition coefficient (Wildman–Crippen LogP) is 2.02. The highest BCUT2D eigenvalue weighted by Crippen LogP contribution is 2.32. The van der Waals surface area contributed by atoms with Gasteiger partial charge in [0.2, 0.25) is 0 Å². The van der Waals surface area contributed by atoms with Crippen molar-refractivity contribution in [2.75, 3.05) is 19.7 Å². The second kappa shape index (κ2) is 5.48. The molecule has 3 fully saturated rings. The Balaban J connectivity index is 1.63. The first-order chi connectivity index (χ1) is 8.75. The molecule has 0 bridgehead atoms. The largest absolute Gasteiger partial charge is 0.375 e. The van der Waals surface area contributed by atoms with Crippen LogP contribution in [0.5, 0.6) is 0 Å². The molecule has 1 aliphatic heterocycles. The van der Waals surface area contributed by atoms with E-state index < -0.39 is 0 Å². The maximum Gasteiger partial charge on any atom is 0.0731 e. The second-order valence-electron chi connectivity index (χ2n) is 6.64. The van der Waals surface area contributed by atoms with E-state index in [1.54, 1.807) is 0 Å². The molecular formula is C15H28N2O. The molecule has 1 heterocycles. The monoisotopic (exact) mass is 252 g/mol. The van der Waals surface area contributed by atoms with Crippen molar-refractivity contribution in [2.24, 2.45) is 5.92 Å². The van der Waals surface area contributed by atoms with Crippen molar-refractivity contribution in [3.63, 3.8) is 0 Å². The Hall–Kier alpha value is -0.120. The van der Waals surface area contributed by atoms with Gasteiger partial charge >= 0.3 is 0 Å². The summed E-state index contributed by atoms with van der Waals surface area (Å²) in [7, 11) is 0. The van der Waals surface area contributed by atoms with E-state index in [2.05, 4.69) is 24.1 Å². The fraction of sp³-hybridized carbons (Fsp3) is 1.00. The molecule has 18 heavy (non-hydrogen) atoms. The highest BCUT2D eigenvalue weighted by atomic mass is 16.5. The van der Waals surface area contributed by atoms with Crippen LogP contribution in [-0.2, 0) is 4.74 Å². The molecule has 3 nitrogen and oxygen atoms in total. The van der Waals surface area contributed by atoms with Gasteiger partial charge in [-0.3, -0.25) is 4.90 Å². The lowest BCUT2D eigenvalue weighted by atomic mass is 9.98. The topological polar surface area (TPSA) is 24.5 Å². The number of hydrogen-bond donors (Lipinski definition) is 1. The summed E-state index contributed by atoms with van der Waals surface area (Å²) >= 11 is 0. The van der Waals surface area contributed by atoms with Gasteiger partial charge in [0, 0.05) is 31.2 Å². The van der Waals surface area contributed by atoms with Crippen LogP contribution in [0.25, 0.3) is 0 Å². The Morgan fingerprint density at radius 2 is 2.06 bits per heavy atom. The summed E-state index contributed by atoms with van der Waals surface area (Å²) in [6, 6.07) is 2.22. The molecule has 0 amide bonds. The zero-order valence-electron chi connectivity index (χ0n) is 11.9. The fourth-order valence-electron chi connectivity index (χ4n) is 3.68. The molecule has 0 radical (unpaired) electrons. The Morgan fingerprint density at radius 1 is 1.22 bits per heavy atom. The third-order valence-corrected chi connectivity index (χ3v) is 4.91. The van der Waals surface area contributed by atoms with Crippen molar-refractivity contribution in [1.29, 1.82) is 0 Å². The summed E-state index contributed by atoms with van der Waals surface area (Å²) in [5.41, 5.74) is 0. The number of fused-ring (bicyclic) bond motifs is 1. The van der Waals surface area contributed by atoms with Gasteiger partial charge in [-0.2, -0.15) is 0 Å². The average Bonchev–Trinajstić information content (AvgIpc) is 3.05. The first-order valence-electron chi connectivity index (χ1n) is 7.86. The van der Waals surface area contributed by atoms with E-state index in [-0.39, 0.29) is 0 Å². The van der Waals surface area contributed by atoms with Crippen molar-refractivity contribution in [1.82, 2.24) is 10.2 Å². The number of morpholine rings is 1. The Kier molecular flexibility index (Phi) is 3.92. The highest BCUT2D eigenvalue weighted by Gasteiger charge is 2.40. The SMILES string of the molecule is CC(C)C(CNC1CC1)N1CCOC2CCCC21. The van der Waals surface area contributed by atoms with E-state index in [9.17, 15) is 0 Å². The zero-order valence-corrected chi connectivity index (χ0v) is 11.9. The van der Waals surface area contributed by atoms with E-state index in [4.69, 9.17) is 4.74 Å². The van der Waals surface area contributed by atoms with Crippen molar-refractivity contribution in [3.8, 4) is 0 Å². The van der Waals surface area contributed by atoms with Gasteiger partial charge < -0.3 is 10.1 Å². The summed E-state index contributed by atoms with van der Waals surface area (Å²) in [6.45, 7) is 7.99. The molecule has 3 rings (SSSR count). The molecule has 1 N–H and O–H groups in total. The maximum absolute atomic E-state index is 5.94. The van der Waals surface area contributed by atoms with E-state index in [1.165, 1.54) is 38.6 Å². The molecular weight excluding hydrogens is 224 g/mol. The van der Waals surface area contributed by atoms with Crippen LogP contribution in [-0.4, -0.2) is 48.8 Å². The number of hydrogen-bond acceptors (Lipinski definition) is 3. The van der Waals surface area contributed by atoms with Crippen molar-refractivity contribution < 1.29 is 4.74 Å². The van der Waals surface area contributed by atoms with E-state index in [0.717, 1.165) is 25.1 Å². The third kappa shape index (κ3) is 2.73. The first kappa shape index (κ1) is 12.9. The molecule has 0 aromatic rings. The molecule has 3 atom stereocenters. The molecule has 3 heteroatoms. The Morgan fingerprint density at radius 3 is 2.78 bits per heavy atom. The summed E-state index contributed by atoms with van der Waals surface area (Å²) in [5.74, 6) is 0.732. The van der Waals surface area contributed by atoms with Gasteiger partial charge in [-0.1, -0.05) is 13.8 Å². The Bertz CT molecular complexity index is 278. The van der Waals surface area contributed by atoms with Crippen molar-refractivity contribution in [2.45, 2.75) is 70.2 Å². The number of rotatable bonds is 5. The molecule has 0 aromatic carbocycles. The van der Waals surface area contributed by atoms with E-state index in [1.807, 2.05) is 0 Å². The van der Waals surface area contributed by atoms with Gasteiger partial charge in [0.25, 0.3) is 0 Å². The number of ether oxygens (including phenoxy) is 1. The summed E-state index contributed by atoms with van der Waals surface area (Å²) < 4.78 is 5.94. The van der Waals surface area contributed by atoms with Crippen LogP contribution < -0.4 is 5.32 Å². The van der Waals surface area contributed by atoms with Crippen LogP contribution >= 0.6 is 0 Å². The average molecular weight is 252 g/mol. The number of nitrogens with zero attached hydrogens (tertiary/aromatic N) is 1. The molecule has 1 saturated heterocycles. The summed E-state index contributed by atoms with van der Waals surface area (Å²) in [5, 5.41) is 3.73. The lowest BCUT2D eigenvalue weighted by Crippen LogP contribution is -2.57. The van der Waals surface area contributed by atoms with Gasteiger partial charge in [-0.05, 0) is 38.0 Å². The minimum Gasteiger partial charge on any atom is -0.375 e. The molecule has 0 aromatic heterocycles. The molecule has 2 saturated carbocycles. The van der Waals surface area contributed by atoms with Gasteiger partial charge in [0.1, 0.15) is 0 Å². The summed E-state index contributed by atoms with van der Waals surface area (Å²) in [4.78, 5) is 2.77. The van der Waals surface area contributed by atoms with Crippen LogP contribution in [0.3, 0.4) is 0 Å². The zero-order chi connectivity index (χ0) is 12.5. The first-order valence-corrected chi connectivity index (χ1v) is 7.86. The van der Waals surface area contributed by atoms with E-state index in [0.29, 0.717) is 18.2 Å². The van der Waals surface area contributed by atoms with Gasteiger partial charge in [-0.15, -0.1) is 0 Å². The molecule has 104 valence electrons. The smallest absolute Gasteiger partial charge is 0.0731 e. The van der Waals surface area contributed by atoms with Gasteiger partial charge in [0.15, 0.2) is 0 Å². The third-order valence-electron chi connectivity index (χ3n) is 4.91. The predicted molar refractivity (Wildman–Crippen MR) is 73.7 cm³/mol. The van der Waals surface area contributed by atoms with Crippen LogP contribution in [0.4, 0.5) is 0 Å².